The Morgan fingerprint density at radius 3 is 2.14 bits per heavy atom. The molecule has 0 saturated heterocycles. The van der Waals surface area contributed by atoms with Gasteiger partial charge >= 0.3 is 6.36 Å². The third-order valence-corrected chi connectivity index (χ3v) is 5.06. The number of alkyl halides is 3. The van der Waals surface area contributed by atoms with Gasteiger partial charge in [0, 0.05) is 5.56 Å². The fourth-order valence-corrected chi connectivity index (χ4v) is 3.41. The van der Waals surface area contributed by atoms with Crippen molar-refractivity contribution in [3.63, 3.8) is 0 Å². The first kappa shape index (κ1) is 20.4. The smallest absolute Gasteiger partial charge is 0.490 e. The van der Waals surface area contributed by atoms with Crippen LogP contribution in [-0.4, -0.2) is 13.0 Å². The average molecular weight is 400 g/mol. The molecule has 0 amide bonds. The van der Waals surface area contributed by atoms with Gasteiger partial charge in [-0.05, 0) is 54.5 Å². The van der Waals surface area contributed by atoms with Crippen molar-refractivity contribution >= 4 is 0 Å². The predicted octanol–water partition coefficient (Wildman–Crippen LogP) is 6.74. The second kappa shape index (κ2) is 8.37. The Morgan fingerprint density at radius 2 is 1.54 bits per heavy atom. The van der Waals surface area contributed by atoms with Gasteiger partial charge in [0.25, 0.3) is 0 Å². The molecule has 1 saturated carbocycles. The number of ether oxygens (including phenoxy) is 2. The van der Waals surface area contributed by atoms with E-state index < -0.39 is 23.7 Å². The number of benzene rings is 2. The molecule has 0 N–H and O–H groups in total. The molecule has 0 radical (unpaired) electrons. The van der Waals surface area contributed by atoms with E-state index in [-0.39, 0.29) is 16.9 Å². The summed E-state index contributed by atoms with van der Waals surface area (Å²) in [5.74, 6) is -1.76. The summed E-state index contributed by atoms with van der Waals surface area (Å²) >= 11 is 0. The number of hydrogen-bond acceptors (Lipinski definition) is 2. The van der Waals surface area contributed by atoms with Crippen LogP contribution < -0.4 is 9.47 Å². The fraction of sp³-hybridized carbons (Fsp3) is 0.429. The van der Waals surface area contributed by atoms with Crippen LogP contribution in [0.4, 0.5) is 22.0 Å². The lowest BCUT2D eigenvalue weighted by Crippen LogP contribution is -2.19. The van der Waals surface area contributed by atoms with E-state index in [1.165, 1.54) is 24.3 Å². The molecular weight excluding hydrogens is 379 g/mol. The molecule has 2 nitrogen and oxygen atoms in total. The van der Waals surface area contributed by atoms with Crippen molar-refractivity contribution in [2.24, 2.45) is 11.8 Å². The minimum absolute atomic E-state index is 0.0603. The van der Waals surface area contributed by atoms with Crippen LogP contribution in [0.15, 0.2) is 36.4 Å². The minimum atomic E-state index is -4.81. The summed E-state index contributed by atoms with van der Waals surface area (Å²) in [4.78, 5) is 0. The van der Waals surface area contributed by atoms with Crippen LogP contribution in [0, 0.1) is 23.5 Å². The van der Waals surface area contributed by atoms with Crippen molar-refractivity contribution in [3.8, 4) is 22.6 Å². The van der Waals surface area contributed by atoms with Crippen LogP contribution in [0.3, 0.4) is 0 Å². The minimum Gasteiger partial charge on any atom is -0.490 e. The molecule has 0 atom stereocenters. The lowest BCUT2D eigenvalue weighted by Gasteiger charge is -2.26. The third-order valence-electron chi connectivity index (χ3n) is 5.06. The second-order valence-corrected chi connectivity index (χ2v) is 7.25. The van der Waals surface area contributed by atoms with Crippen LogP contribution >= 0.6 is 0 Å². The summed E-state index contributed by atoms with van der Waals surface area (Å²) in [7, 11) is 0. The highest BCUT2D eigenvalue weighted by Gasteiger charge is 2.31. The maximum Gasteiger partial charge on any atom is 0.573 e. The average Bonchev–Trinajstić information content (AvgIpc) is 2.64. The second-order valence-electron chi connectivity index (χ2n) is 7.25. The van der Waals surface area contributed by atoms with Gasteiger partial charge in [-0.15, -0.1) is 13.2 Å². The molecule has 2 aromatic carbocycles. The SMILES string of the molecule is CC1CCC(COc2ccc(-c3ccc(OC(F)(F)F)cc3)c(F)c2F)CC1. The van der Waals surface area contributed by atoms with Gasteiger partial charge in [-0.25, -0.2) is 4.39 Å². The first-order chi connectivity index (χ1) is 13.2. The Kier molecular flexibility index (Phi) is 6.10. The molecule has 7 heteroatoms. The zero-order valence-electron chi connectivity index (χ0n) is 15.4. The highest BCUT2D eigenvalue weighted by molar-refractivity contribution is 5.66. The van der Waals surface area contributed by atoms with Crippen molar-refractivity contribution in [1.29, 1.82) is 0 Å². The molecular formula is C21H21F5O2. The highest BCUT2D eigenvalue weighted by atomic mass is 19.4. The van der Waals surface area contributed by atoms with Gasteiger partial charge in [0.15, 0.2) is 11.6 Å². The zero-order chi connectivity index (χ0) is 20.3. The quantitative estimate of drug-likeness (QED) is 0.518. The van der Waals surface area contributed by atoms with Crippen molar-refractivity contribution in [2.45, 2.75) is 39.0 Å². The largest absolute Gasteiger partial charge is 0.573 e. The van der Waals surface area contributed by atoms with E-state index in [4.69, 9.17) is 4.74 Å². The molecule has 0 spiro atoms. The standard InChI is InChI=1S/C21H21F5O2/c1-13-2-4-14(5-3-13)12-27-18-11-10-17(19(22)20(18)23)15-6-8-16(9-7-15)28-21(24,25)26/h6-11,13-14H,2-5,12H2,1H3. The van der Waals surface area contributed by atoms with Gasteiger partial charge in [0.05, 0.1) is 6.61 Å². The molecule has 0 heterocycles. The van der Waals surface area contributed by atoms with Crippen LogP contribution in [0.2, 0.25) is 0 Å². The molecule has 1 aliphatic carbocycles. The first-order valence-electron chi connectivity index (χ1n) is 9.20. The summed E-state index contributed by atoms with van der Waals surface area (Å²) in [6.07, 6.45) is -0.574. The summed E-state index contributed by atoms with van der Waals surface area (Å²) in [6, 6.07) is 7.28. The maximum absolute atomic E-state index is 14.5. The molecule has 1 fully saturated rings. The van der Waals surface area contributed by atoms with Crippen LogP contribution in [0.25, 0.3) is 11.1 Å². The van der Waals surface area contributed by atoms with Crippen molar-refractivity contribution in [1.82, 2.24) is 0 Å². The Balaban J connectivity index is 1.69. The van der Waals surface area contributed by atoms with E-state index in [0.717, 1.165) is 37.8 Å². The molecule has 3 rings (SSSR count). The molecule has 0 bridgehead atoms. The van der Waals surface area contributed by atoms with E-state index >= 15 is 0 Å². The van der Waals surface area contributed by atoms with Crippen molar-refractivity contribution < 1.29 is 31.4 Å². The Labute approximate surface area is 160 Å². The number of halogens is 5. The number of hydrogen-bond donors (Lipinski definition) is 0. The van der Waals surface area contributed by atoms with E-state index in [2.05, 4.69) is 11.7 Å². The van der Waals surface area contributed by atoms with Gasteiger partial charge < -0.3 is 9.47 Å². The molecule has 28 heavy (non-hydrogen) atoms. The van der Waals surface area contributed by atoms with Gasteiger partial charge in [0.1, 0.15) is 5.75 Å². The molecule has 1 aliphatic rings. The summed E-state index contributed by atoms with van der Waals surface area (Å²) in [5.41, 5.74) is 0.175. The van der Waals surface area contributed by atoms with E-state index in [0.29, 0.717) is 18.4 Å². The van der Waals surface area contributed by atoms with E-state index in [1.54, 1.807) is 0 Å². The monoisotopic (exact) mass is 400 g/mol. The van der Waals surface area contributed by atoms with E-state index in [1.807, 2.05) is 0 Å². The summed E-state index contributed by atoms with van der Waals surface area (Å²) in [6.45, 7) is 2.54. The van der Waals surface area contributed by atoms with Gasteiger partial charge in [-0.1, -0.05) is 31.9 Å². The molecule has 152 valence electrons. The molecule has 0 unspecified atom stereocenters. The summed E-state index contributed by atoms with van der Waals surface area (Å²) in [5, 5.41) is 0. The van der Waals surface area contributed by atoms with Crippen molar-refractivity contribution in [3.05, 3.63) is 48.0 Å². The lowest BCUT2D eigenvalue weighted by atomic mass is 9.83. The molecule has 0 aromatic heterocycles. The van der Waals surface area contributed by atoms with E-state index in [9.17, 15) is 22.0 Å². The third kappa shape index (κ3) is 5.14. The molecule has 0 aliphatic heterocycles. The normalized spacial score (nSPS) is 20.1. The Morgan fingerprint density at radius 1 is 0.893 bits per heavy atom. The van der Waals surface area contributed by atoms with Gasteiger partial charge in [-0.3, -0.25) is 0 Å². The first-order valence-corrected chi connectivity index (χ1v) is 9.20. The van der Waals surface area contributed by atoms with Crippen LogP contribution in [0.5, 0.6) is 11.5 Å². The Hall–Kier alpha value is -2.31. The number of rotatable bonds is 5. The van der Waals surface area contributed by atoms with Crippen LogP contribution in [-0.2, 0) is 0 Å². The fourth-order valence-electron chi connectivity index (χ4n) is 3.41. The van der Waals surface area contributed by atoms with Crippen molar-refractivity contribution in [2.75, 3.05) is 6.61 Å². The lowest BCUT2D eigenvalue weighted by molar-refractivity contribution is -0.274. The van der Waals surface area contributed by atoms with Crippen LogP contribution in [0.1, 0.15) is 32.6 Å². The predicted molar refractivity (Wildman–Crippen MR) is 95.1 cm³/mol. The molecule has 2 aromatic rings. The van der Waals surface area contributed by atoms with Gasteiger partial charge in [-0.2, -0.15) is 4.39 Å². The van der Waals surface area contributed by atoms with Gasteiger partial charge in [0.2, 0.25) is 5.82 Å². The topological polar surface area (TPSA) is 18.5 Å². The summed E-state index contributed by atoms with van der Waals surface area (Å²) < 4.78 is 74.8. The zero-order valence-corrected chi connectivity index (χ0v) is 15.4. The Bertz CT molecular complexity index is 794. The maximum atomic E-state index is 14.5. The highest BCUT2D eigenvalue weighted by Crippen LogP contribution is 2.33.